The Balaban J connectivity index is 2.24. The number of hydrogen-bond acceptors (Lipinski definition) is 2. The van der Waals surface area contributed by atoms with Crippen molar-refractivity contribution >= 4 is 12.2 Å². The average molecular weight is 219 g/mol. The minimum absolute atomic E-state index is 0.508. The van der Waals surface area contributed by atoms with E-state index in [1.165, 1.54) is 16.7 Å². The number of nitrogens with one attached hydrogen (secondary N) is 2. The predicted molar refractivity (Wildman–Crippen MR) is 62.5 cm³/mol. The molecule has 78 valence electrons. The lowest BCUT2D eigenvalue weighted by Crippen LogP contribution is -1.92. The number of nitrogens with zero attached hydrogens (tertiary/aromatic N) is 1. The van der Waals surface area contributed by atoms with E-state index in [9.17, 15) is 0 Å². The van der Waals surface area contributed by atoms with Gasteiger partial charge in [0.15, 0.2) is 0 Å². The standard InChI is InChI=1S/C11H13N3S/c1-7-3-4-9(5-8(7)2)6-10-12-11(15)14-13-10/h3-5H,6H2,1-2H3,(H2,12,13,14,15). The highest BCUT2D eigenvalue weighted by molar-refractivity contribution is 7.71. The van der Waals surface area contributed by atoms with E-state index in [4.69, 9.17) is 12.2 Å². The number of aromatic amines is 2. The van der Waals surface area contributed by atoms with Crippen LogP contribution in [0.15, 0.2) is 18.2 Å². The van der Waals surface area contributed by atoms with Gasteiger partial charge in [0.05, 0.1) is 0 Å². The zero-order chi connectivity index (χ0) is 10.8. The van der Waals surface area contributed by atoms with Gasteiger partial charge in [-0.05, 0) is 42.8 Å². The Morgan fingerprint density at radius 1 is 1.20 bits per heavy atom. The molecule has 3 nitrogen and oxygen atoms in total. The van der Waals surface area contributed by atoms with Crippen molar-refractivity contribution in [2.75, 3.05) is 0 Å². The molecule has 0 aliphatic rings. The van der Waals surface area contributed by atoms with Gasteiger partial charge in [-0.3, -0.25) is 10.2 Å². The molecule has 0 aliphatic carbocycles. The number of hydrogen-bond donors (Lipinski definition) is 2. The summed E-state index contributed by atoms with van der Waals surface area (Å²) in [5.74, 6) is 0.878. The molecule has 2 aromatic rings. The maximum Gasteiger partial charge on any atom is 0.213 e. The van der Waals surface area contributed by atoms with Crippen molar-refractivity contribution in [1.82, 2.24) is 15.2 Å². The summed E-state index contributed by atoms with van der Waals surface area (Å²) in [4.78, 5) is 4.16. The molecule has 2 N–H and O–H groups in total. The molecule has 4 heteroatoms. The van der Waals surface area contributed by atoms with Crippen LogP contribution in [-0.4, -0.2) is 15.2 Å². The summed E-state index contributed by atoms with van der Waals surface area (Å²) in [6, 6.07) is 6.43. The van der Waals surface area contributed by atoms with E-state index in [0.29, 0.717) is 4.77 Å². The van der Waals surface area contributed by atoms with Crippen molar-refractivity contribution in [3.8, 4) is 0 Å². The molecule has 0 bridgehead atoms. The zero-order valence-corrected chi connectivity index (χ0v) is 9.61. The summed E-state index contributed by atoms with van der Waals surface area (Å²) in [5.41, 5.74) is 3.87. The molecule has 0 unspecified atom stereocenters. The van der Waals surface area contributed by atoms with E-state index in [-0.39, 0.29) is 0 Å². The molecule has 0 radical (unpaired) electrons. The summed E-state index contributed by atoms with van der Waals surface area (Å²) in [6.07, 6.45) is 0.786. The molecule has 2 rings (SSSR count). The fraction of sp³-hybridized carbons (Fsp3) is 0.273. The largest absolute Gasteiger partial charge is 0.285 e. The first-order valence-corrected chi connectivity index (χ1v) is 5.25. The lowest BCUT2D eigenvalue weighted by Gasteiger charge is -2.02. The molecular formula is C11H13N3S. The predicted octanol–water partition coefficient (Wildman–Crippen LogP) is 2.67. The summed E-state index contributed by atoms with van der Waals surface area (Å²) in [5, 5.41) is 5.74. The van der Waals surface area contributed by atoms with Crippen LogP contribution in [0.3, 0.4) is 0 Å². The second-order valence-corrected chi connectivity index (χ2v) is 4.10. The number of rotatable bonds is 2. The molecule has 1 aromatic heterocycles. The van der Waals surface area contributed by atoms with Crippen molar-refractivity contribution in [3.63, 3.8) is 0 Å². The van der Waals surface area contributed by atoms with Crippen molar-refractivity contribution in [2.24, 2.45) is 0 Å². The molecular weight excluding hydrogens is 206 g/mol. The van der Waals surface area contributed by atoms with E-state index < -0.39 is 0 Å². The van der Waals surface area contributed by atoms with Crippen LogP contribution in [0.1, 0.15) is 22.5 Å². The topological polar surface area (TPSA) is 44.5 Å². The quantitative estimate of drug-likeness (QED) is 0.763. The molecule has 0 amide bonds. The zero-order valence-electron chi connectivity index (χ0n) is 8.79. The van der Waals surface area contributed by atoms with Gasteiger partial charge in [-0.15, -0.1) is 0 Å². The number of H-pyrrole nitrogens is 2. The Morgan fingerprint density at radius 2 is 2.00 bits per heavy atom. The van der Waals surface area contributed by atoms with E-state index >= 15 is 0 Å². The highest BCUT2D eigenvalue weighted by Gasteiger charge is 2.00. The number of benzene rings is 1. The number of aryl methyl sites for hydroxylation is 2. The summed E-state index contributed by atoms with van der Waals surface area (Å²) in [7, 11) is 0. The van der Waals surface area contributed by atoms with Crippen LogP contribution in [0.5, 0.6) is 0 Å². The summed E-state index contributed by atoms with van der Waals surface area (Å²) in [6.45, 7) is 4.23. The maximum atomic E-state index is 4.90. The van der Waals surface area contributed by atoms with Crippen molar-refractivity contribution in [2.45, 2.75) is 20.3 Å². The minimum atomic E-state index is 0.508. The van der Waals surface area contributed by atoms with Gasteiger partial charge in [0, 0.05) is 6.42 Å². The molecule has 0 fully saturated rings. The fourth-order valence-electron chi connectivity index (χ4n) is 1.49. The molecule has 0 saturated carbocycles. The van der Waals surface area contributed by atoms with Crippen LogP contribution in [-0.2, 0) is 6.42 Å². The van der Waals surface area contributed by atoms with Crippen molar-refractivity contribution in [1.29, 1.82) is 0 Å². The highest BCUT2D eigenvalue weighted by Crippen LogP contribution is 2.11. The maximum absolute atomic E-state index is 4.90. The summed E-state index contributed by atoms with van der Waals surface area (Å²) >= 11 is 4.90. The minimum Gasteiger partial charge on any atom is -0.285 e. The van der Waals surface area contributed by atoms with Crippen LogP contribution in [0.2, 0.25) is 0 Å². The molecule has 0 saturated heterocycles. The second-order valence-electron chi connectivity index (χ2n) is 3.71. The Bertz CT molecular complexity index is 525. The summed E-state index contributed by atoms with van der Waals surface area (Å²) < 4.78 is 0.508. The van der Waals surface area contributed by atoms with E-state index in [1.54, 1.807) is 0 Å². The Labute approximate surface area is 93.6 Å². The Morgan fingerprint density at radius 3 is 2.60 bits per heavy atom. The molecule has 0 aliphatic heterocycles. The normalized spacial score (nSPS) is 10.5. The van der Waals surface area contributed by atoms with Crippen LogP contribution in [0, 0.1) is 18.6 Å². The van der Waals surface area contributed by atoms with Crippen molar-refractivity contribution in [3.05, 3.63) is 45.5 Å². The van der Waals surface area contributed by atoms with Gasteiger partial charge in [0.25, 0.3) is 0 Å². The third-order valence-corrected chi connectivity index (χ3v) is 2.69. The molecule has 1 aromatic carbocycles. The van der Waals surface area contributed by atoms with Gasteiger partial charge in [-0.25, -0.2) is 4.98 Å². The van der Waals surface area contributed by atoms with Crippen LogP contribution in [0.25, 0.3) is 0 Å². The van der Waals surface area contributed by atoms with Crippen LogP contribution < -0.4 is 0 Å². The SMILES string of the molecule is Cc1ccc(Cc2nc(=S)[nH][nH]2)cc1C. The van der Waals surface area contributed by atoms with Crippen molar-refractivity contribution < 1.29 is 0 Å². The van der Waals surface area contributed by atoms with Gasteiger partial charge in [0.2, 0.25) is 4.77 Å². The fourth-order valence-corrected chi connectivity index (χ4v) is 1.66. The number of aromatic nitrogens is 3. The lowest BCUT2D eigenvalue weighted by atomic mass is 10.0. The van der Waals surface area contributed by atoms with Gasteiger partial charge < -0.3 is 0 Å². The monoisotopic (exact) mass is 219 g/mol. The lowest BCUT2D eigenvalue weighted by molar-refractivity contribution is 0.969. The molecule has 15 heavy (non-hydrogen) atoms. The molecule has 0 atom stereocenters. The average Bonchev–Trinajstić information content (AvgIpc) is 2.58. The first kappa shape index (κ1) is 10.1. The highest BCUT2D eigenvalue weighted by atomic mass is 32.1. The van der Waals surface area contributed by atoms with Gasteiger partial charge in [-0.1, -0.05) is 18.2 Å². The van der Waals surface area contributed by atoms with Gasteiger partial charge >= 0.3 is 0 Å². The van der Waals surface area contributed by atoms with Gasteiger partial charge in [-0.2, -0.15) is 0 Å². The van der Waals surface area contributed by atoms with E-state index in [0.717, 1.165) is 12.2 Å². The Hall–Kier alpha value is -1.42. The first-order valence-electron chi connectivity index (χ1n) is 4.85. The van der Waals surface area contributed by atoms with Crippen LogP contribution >= 0.6 is 12.2 Å². The van der Waals surface area contributed by atoms with E-state index in [2.05, 4.69) is 47.2 Å². The second kappa shape index (κ2) is 3.98. The third-order valence-electron chi connectivity index (χ3n) is 2.49. The molecule has 1 heterocycles. The third kappa shape index (κ3) is 2.33. The smallest absolute Gasteiger partial charge is 0.213 e. The Kier molecular flexibility index (Phi) is 2.68. The van der Waals surface area contributed by atoms with E-state index in [1.807, 2.05) is 0 Å². The van der Waals surface area contributed by atoms with Gasteiger partial charge in [0.1, 0.15) is 5.82 Å². The van der Waals surface area contributed by atoms with Crippen LogP contribution in [0.4, 0.5) is 0 Å². The molecule has 0 spiro atoms. The first-order chi connectivity index (χ1) is 7.15.